The zero-order valence-corrected chi connectivity index (χ0v) is 8.85. The van der Waals surface area contributed by atoms with E-state index < -0.39 is 0 Å². The Morgan fingerprint density at radius 2 is 2.21 bits per heavy atom. The number of rotatable bonds is 6. The lowest BCUT2D eigenvalue weighted by atomic mass is 10.2. The molecule has 1 aromatic rings. The third-order valence-electron chi connectivity index (χ3n) is 1.91. The van der Waals surface area contributed by atoms with Crippen molar-refractivity contribution in [2.45, 2.75) is 26.5 Å². The lowest BCUT2D eigenvalue weighted by molar-refractivity contribution is 0.150. The Hall–Kier alpha value is -0.870. The van der Waals surface area contributed by atoms with Gasteiger partial charge in [-0.25, -0.2) is 4.98 Å². The lowest BCUT2D eigenvalue weighted by Crippen LogP contribution is -2.32. The van der Waals surface area contributed by atoms with Gasteiger partial charge in [0.1, 0.15) is 0 Å². The molecule has 0 saturated heterocycles. The minimum absolute atomic E-state index is 0.344. The van der Waals surface area contributed by atoms with E-state index in [9.17, 15) is 5.11 Å². The average molecular weight is 197 g/mol. The van der Waals surface area contributed by atoms with Crippen molar-refractivity contribution in [1.29, 1.82) is 0 Å². The van der Waals surface area contributed by atoms with Crippen LogP contribution < -0.4 is 5.32 Å². The average Bonchev–Trinajstić information content (AvgIpc) is 2.56. The van der Waals surface area contributed by atoms with Crippen LogP contribution in [0.5, 0.6) is 0 Å². The van der Waals surface area contributed by atoms with Crippen LogP contribution in [0.3, 0.4) is 0 Å². The fourth-order valence-electron chi connectivity index (χ4n) is 1.24. The molecule has 1 aromatic heterocycles. The first-order valence-corrected chi connectivity index (χ1v) is 5.03. The van der Waals surface area contributed by atoms with E-state index in [-0.39, 0.29) is 6.10 Å². The lowest BCUT2D eigenvalue weighted by Gasteiger charge is -2.13. The molecule has 2 N–H and O–H groups in total. The van der Waals surface area contributed by atoms with Gasteiger partial charge in [-0.1, -0.05) is 13.8 Å². The summed E-state index contributed by atoms with van der Waals surface area (Å²) in [6.45, 7) is 6.48. The zero-order chi connectivity index (χ0) is 10.4. The first-order valence-electron chi connectivity index (χ1n) is 5.03. The molecule has 1 atom stereocenters. The van der Waals surface area contributed by atoms with Crippen molar-refractivity contribution in [3.05, 3.63) is 18.7 Å². The first kappa shape index (κ1) is 11.2. The van der Waals surface area contributed by atoms with E-state index in [1.54, 1.807) is 12.5 Å². The van der Waals surface area contributed by atoms with Crippen LogP contribution >= 0.6 is 0 Å². The molecule has 0 saturated carbocycles. The Balaban J connectivity index is 2.13. The maximum absolute atomic E-state index is 9.62. The molecule has 0 aliphatic rings. The highest BCUT2D eigenvalue weighted by Crippen LogP contribution is 1.92. The molecule has 80 valence electrons. The third kappa shape index (κ3) is 4.39. The van der Waals surface area contributed by atoms with Crippen LogP contribution in [-0.4, -0.2) is 33.9 Å². The van der Waals surface area contributed by atoms with Gasteiger partial charge in [-0.15, -0.1) is 0 Å². The maximum atomic E-state index is 9.62. The number of aliphatic hydroxyl groups excluding tert-OH is 1. The van der Waals surface area contributed by atoms with E-state index in [0.717, 1.165) is 6.54 Å². The first-order chi connectivity index (χ1) is 6.68. The summed E-state index contributed by atoms with van der Waals surface area (Å²) in [5, 5.41) is 12.8. The highest BCUT2D eigenvalue weighted by atomic mass is 16.3. The highest BCUT2D eigenvalue weighted by molar-refractivity contribution is 4.76. The van der Waals surface area contributed by atoms with Gasteiger partial charge in [-0.2, -0.15) is 0 Å². The molecule has 1 heterocycles. The molecule has 14 heavy (non-hydrogen) atoms. The van der Waals surface area contributed by atoms with E-state index in [2.05, 4.69) is 24.1 Å². The summed E-state index contributed by atoms with van der Waals surface area (Å²) in [4.78, 5) is 3.92. The van der Waals surface area contributed by atoms with Crippen molar-refractivity contribution in [3.63, 3.8) is 0 Å². The Morgan fingerprint density at radius 1 is 1.43 bits per heavy atom. The van der Waals surface area contributed by atoms with Gasteiger partial charge < -0.3 is 15.0 Å². The van der Waals surface area contributed by atoms with Gasteiger partial charge in [0, 0.05) is 18.9 Å². The number of imidazole rings is 1. The molecule has 0 fully saturated rings. The van der Waals surface area contributed by atoms with Crippen LogP contribution in [0.2, 0.25) is 0 Å². The Labute approximate surface area is 85.0 Å². The molecular weight excluding hydrogens is 178 g/mol. The maximum Gasteiger partial charge on any atom is 0.0946 e. The Morgan fingerprint density at radius 3 is 2.79 bits per heavy atom. The van der Waals surface area contributed by atoms with Crippen molar-refractivity contribution in [1.82, 2.24) is 14.9 Å². The van der Waals surface area contributed by atoms with E-state index in [0.29, 0.717) is 19.0 Å². The summed E-state index contributed by atoms with van der Waals surface area (Å²) < 4.78 is 1.88. The molecule has 4 nitrogen and oxygen atoms in total. The molecule has 0 aromatic carbocycles. The normalized spacial score (nSPS) is 13.4. The highest BCUT2D eigenvalue weighted by Gasteiger charge is 2.04. The largest absolute Gasteiger partial charge is 0.390 e. The third-order valence-corrected chi connectivity index (χ3v) is 1.91. The number of aliphatic hydroxyl groups is 1. The van der Waals surface area contributed by atoms with Crippen LogP contribution in [0.1, 0.15) is 13.8 Å². The molecule has 1 unspecified atom stereocenters. The predicted molar refractivity (Wildman–Crippen MR) is 55.9 cm³/mol. The smallest absolute Gasteiger partial charge is 0.0946 e. The number of nitrogens with one attached hydrogen (secondary N) is 1. The van der Waals surface area contributed by atoms with E-state index in [1.807, 2.05) is 10.8 Å². The van der Waals surface area contributed by atoms with Crippen LogP contribution in [-0.2, 0) is 6.54 Å². The number of hydrogen-bond acceptors (Lipinski definition) is 3. The quantitative estimate of drug-likeness (QED) is 0.698. The number of nitrogens with zero attached hydrogens (tertiary/aromatic N) is 2. The van der Waals surface area contributed by atoms with Gasteiger partial charge in [0.25, 0.3) is 0 Å². The zero-order valence-electron chi connectivity index (χ0n) is 8.85. The topological polar surface area (TPSA) is 50.1 Å². The summed E-state index contributed by atoms with van der Waals surface area (Å²) in [5.74, 6) is 0.621. The Bertz CT molecular complexity index is 234. The minimum atomic E-state index is -0.344. The monoisotopic (exact) mass is 197 g/mol. The summed E-state index contributed by atoms with van der Waals surface area (Å²) in [6, 6.07) is 0. The van der Waals surface area contributed by atoms with E-state index in [1.165, 1.54) is 0 Å². The van der Waals surface area contributed by atoms with Crippen molar-refractivity contribution in [3.8, 4) is 0 Å². The van der Waals surface area contributed by atoms with Gasteiger partial charge in [0.2, 0.25) is 0 Å². The van der Waals surface area contributed by atoms with Gasteiger partial charge in [0.05, 0.1) is 19.0 Å². The number of aromatic nitrogens is 2. The molecule has 0 amide bonds. The van der Waals surface area contributed by atoms with Gasteiger partial charge in [-0.3, -0.25) is 0 Å². The van der Waals surface area contributed by atoms with Crippen molar-refractivity contribution < 1.29 is 5.11 Å². The standard InChI is InChI=1S/C10H19N3O/c1-9(2)5-12-6-10(14)7-13-4-3-11-8-13/h3-4,8-10,12,14H,5-7H2,1-2H3. The SMILES string of the molecule is CC(C)CNCC(O)Cn1ccnc1. The summed E-state index contributed by atoms with van der Waals surface area (Å²) in [5.41, 5.74) is 0. The minimum Gasteiger partial charge on any atom is -0.390 e. The summed E-state index contributed by atoms with van der Waals surface area (Å²) >= 11 is 0. The molecule has 0 bridgehead atoms. The molecule has 0 radical (unpaired) electrons. The molecule has 4 heteroatoms. The molecular formula is C10H19N3O. The summed E-state index contributed by atoms with van der Waals surface area (Å²) in [7, 11) is 0. The molecule has 0 spiro atoms. The van der Waals surface area contributed by atoms with Crippen LogP contribution in [0.25, 0.3) is 0 Å². The van der Waals surface area contributed by atoms with Gasteiger partial charge in [-0.05, 0) is 12.5 Å². The second-order valence-electron chi connectivity index (χ2n) is 3.97. The van der Waals surface area contributed by atoms with Crippen molar-refractivity contribution >= 4 is 0 Å². The molecule has 0 aliphatic carbocycles. The summed E-state index contributed by atoms with van der Waals surface area (Å²) in [6.07, 6.45) is 4.94. The second kappa shape index (κ2) is 5.78. The van der Waals surface area contributed by atoms with Crippen LogP contribution in [0.15, 0.2) is 18.7 Å². The predicted octanol–water partition coefficient (Wildman–Crippen LogP) is 0.490. The van der Waals surface area contributed by atoms with E-state index in [4.69, 9.17) is 0 Å². The molecule has 1 rings (SSSR count). The second-order valence-corrected chi connectivity index (χ2v) is 3.97. The van der Waals surface area contributed by atoms with Gasteiger partial charge >= 0.3 is 0 Å². The fraction of sp³-hybridized carbons (Fsp3) is 0.700. The van der Waals surface area contributed by atoms with Crippen molar-refractivity contribution in [2.24, 2.45) is 5.92 Å². The van der Waals surface area contributed by atoms with E-state index >= 15 is 0 Å². The van der Waals surface area contributed by atoms with Crippen molar-refractivity contribution in [2.75, 3.05) is 13.1 Å². The number of hydrogen-bond donors (Lipinski definition) is 2. The fourth-order valence-corrected chi connectivity index (χ4v) is 1.24. The Kier molecular flexibility index (Phi) is 4.62. The van der Waals surface area contributed by atoms with Crippen LogP contribution in [0, 0.1) is 5.92 Å². The molecule has 0 aliphatic heterocycles. The van der Waals surface area contributed by atoms with Crippen LogP contribution in [0.4, 0.5) is 0 Å². The van der Waals surface area contributed by atoms with Gasteiger partial charge in [0.15, 0.2) is 0 Å².